The molecule has 7 nitrogen and oxygen atoms in total. The normalized spacial score (nSPS) is 15.4. The molecule has 34 heavy (non-hydrogen) atoms. The van der Waals surface area contributed by atoms with Gasteiger partial charge in [-0.2, -0.15) is 4.31 Å². The average molecular weight is 482 g/mol. The molecule has 1 aliphatic rings. The topological polar surface area (TPSA) is 81.5 Å². The molecule has 2 heterocycles. The maximum Gasteiger partial charge on any atom is 0.328 e. The molecule has 1 aromatic heterocycles. The van der Waals surface area contributed by atoms with Crippen LogP contribution in [0.2, 0.25) is 0 Å². The largest absolute Gasteiger partial charge is 0.468 e. The van der Waals surface area contributed by atoms with E-state index >= 15 is 0 Å². The van der Waals surface area contributed by atoms with E-state index in [0.29, 0.717) is 13.0 Å². The van der Waals surface area contributed by atoms with E-state index in [1.165, 1.54) is 25.3 Å². The van der Waals surface area contributed by atoms with Gasteiger partial charge in [0.15, 0.2) is 4.75 Å². The van der Waals surface area contributed by atoms with Crippen molar-refractivity contribution in [2.24, 2.45) is 7.05 Å². The number of aryl methyl sites for hydroxylation is 3. The number of imidazole rings is 1. The van der Waals surface area contributed by atoms with E-state index in [1.807, 2.05) is 20.0 Å². The predicted molar refractivity (Wildman–Crippen MR) is 135 cm³/mol. The van der Waals surface area contributed by atoms with Gasteiger partial charge in [0.1, 0.15) is 5.82 Å². The molecule has 0 saturated carbocycles. The van der Waals surface area contributed by atoms with Crippen molar-refractivity contribution in [2.45, 2.75) is 38.9 Å². The molecule has 0 radical (unpaired) electrons. The number of hydrogen-bond donors (Lipinski definition) is 0. The number of esters is 1. The molecule has 0 fully saturated rings. The van der Waals surface area contributed by atoms with Crippen LogP contribution in [0.4, 0.5) is 0 Å². The molecule has 3 aromatic rings. The van der Waals surface area contributed by atoms with Crippen LogP contribution in [0, 0.1) is 13.8 Å². The molecule has 8 heteroatoms. The highest BCUT2D eigenvalue weighted by molar-refractivity contribution is 7.91. The van der Waals surface area contributed by atoms with Gasteiger partial charge in [-0.25, -0.2) is 13.4 Å². The van der Waals surface area contributed by atoms with E-state index in [2.05, 4.69) is 52.9 Å². The van der Waals surface area contributed by atoms with Gasteiger partial charge in [-0.05, 0) is 74.1 Å². The van der Waals surface area contributed by atoms with Gasteiger partial charge in [-0.15, -0.1) is 0 Å². The summed E-state index contributed by atoms with van der Waals surface area (Å²) in [6, 6.07) is 12.7. The SMILES string of the molecule is COC(=O)C(C)(C)S(=O)(=O)N1CC=C(c2ccc(-c3ccc4c(c3)nc(C)n4C)c(C)c2)CC1. The Balaban J connectivity index is 1.57. The first-order valence-corrected chi connectivity index (χ1v) is 12.7. The van der Waals surface area contributed by atoms with Crippen molar-refractivity contribution in [1.29, 1.82) is 0 Å². The number of benzene rings is 2. The molecule has 0 bridgehead atoms. The Bertz CT molecular complexity index is 1420. The van der Waals surface area contributed by atoms with Crippen LogP contribution in [0.15, 0.2) is 42.5 Å². The third-order valence-corrected chi connectivity index (χ3v) is 9.31. The van der Waals surface area contributed by atoms with Gasteiger partial charge in [0.25, 0.3) is 0 Å². The zero-order chi connectivity index (χ0) is 24.8. The fourth-order valence-electron chi connectivity index (χ4n) is 4.48. The Hall–Kier alpha value is -2.97. The molecule has 0 N–H and O–H groups in total. The Morgan fingerprint density at radius 2 is 1.79 bits per heavy atom. The van der Waals surface area contributed by atoms with E-state index < -0.39 is 20.7 Å². The lowest BCUT2D eigenvalue weighted by atomic mass is 9.93. The first-order chi connectivity index (χ1) is 16.0. The maximum atomic E-state index is 13.0. The summed E-state index contributed by atoms with van der Waals surface area (Å²) in [7, 11) is -0.620. The highest BCUT2D eigenvalue weighted by atomic mass is 32.2. The number of nitrogens with zero attached hydrogens (tertiary/aromatic N) is 3. The van der Waals surface area contributed by atoms with Crippen molar-refractivity contribution >= 4 is 32.6 Å². The number of aromatic nitrogens is 2. The molecule has 0 spiro atoms. The van der Waals surface area contributed by atoms with Crippen molar-refractivity contribution in [3.63, 3.8) is 0 Å². The fraction of sp³-hybridized carbons (Fsp3) is 0.385. The Labute approximate surface area is 201 Å². The summed E-state index contributed by atoms with van der Waals surface area (Å²) >= 11 is 0. The minimum atomic E-state index is -3.84. The lowest BCUT2D eigenvalue weighted by Crippen LogP contribution is -2.51. The lowest BCUT2D eigenvalue weighted by Gasteiger charge is -2.32. The molecular formula is C26H31N3O4S. The summed E-state index contributed by atoms with van der Waals surface area (Å²) < 4.78 is 32.5. The predicted octanol–water partition coefficient (Wildman–Crippen LogP) is 4.23. The van der Waals surface area contributed by atoms with Crippen molar-refractivity contribution < 1.29 is 17.9 Å². The highest BCUT2D eigenvalue weighted by Gasteiger charge is 2.46. The first-order valence-electron chi connectivity index (χ1n) is 11.3. The number of hydrogen-bond acceptors (Lipinski definition) is 5. The second kappa shape index (κ2) is 8.67. The smallest absolute Gasteiger partial charge is 0.328 e. The molecule has 1 aliphatic heterocycles. The minimum absolute atomic E-state index is 0.231. The van der Waals surface area contributed by atoms with Crippen LogP contribution >= 0.6 is 0 Å². The second-order valence-electron chi connectivity index (χ2n) is 9.30. The molecule has 2 aromatic carbocycles. The molecule has 0 unspecified atom stereocenters. The van der Waals surface area contributed by atoms with Crippen LogP contribution in [0.1, 0.15) is 37.2 Å². The molecule has 4 rings (SSSR count). The van der Waals surface area contributed by atoms with E-state index in [9.17, 15) is 13.2 Å². The summed E-state index contributed by atoms with van der Waals surface area (Å²) in [6.45, 7) is 7.42. The summed E-state index contributed by atoms with van der Waals surface area (Å²) in [5, 5.41) is 0. The van der Waals surface area contributed by atoms with Gasteiger partial charge in [-0.3, -0.25) is 4.79 Å². The van der Waals surface area contributed by atoms with Crippen molar-refractivity contribution in [2.75, 3.05) is 20.2 Å². The standard InChI is InChI=1S/C26H31N3O4S/c1-17-15-20(7-9-22(17)21-8-10-24-23(16-21)27-18(2)28(24)5)19-11-13-29(14-12-19)34(31,32)26(3,4)25(30)33-6/h7-11,15-16H,12-14H2,1-6H3. The van der Waals surface area contributed by atoms with Gasteiger partial charge >= 0.3 is 5.97 Å². The van der Waals surface area contributed by atoms with Crippen LogP contribution in [0.25, 0.3) is 27.7 Å². The summed E-state index contributed by atoms with van der Waals surface area (Å²) in [5.74, 6) is 0.224. The van der Waals surface area contributed by atoms with E-state index in [0.717, 1.165) is 44.7 Å². The van der Waals surface area contributed by atoms with Crippen LogP contribution in [-0.4, -0.2) is 53.2 Å². The molecule has 0 saturated heterocycles. The Kier molecular flexibility index (Phi) is 6.16. The highest BCUT2D eigenvalue weighted by Crippen LogP contribution is 2.32. The Morgan fingerprint density at radius 3 is 2.41 bits per heavy atom. The molecule has 0 aliphatic carbocycles. The quantitative estimate of drug-likeness (QED) is 0.510. The van der Waals surface area contributed by atoms with Crippen LogP contribution in [-0.2, 0) is 26.6 Å². The van der Waals surface area contributed by atoms with Crippen LogP contribution < -0.4 is 0 Å². The Morgan fingerprint density at radius 1 is 1.09 bits per heavy atom. The lowest BCUT2D eigenvalue weighted by molar-refractivity contribution is -0.142. The second-order valence-corrected chi connectivity index (χ2v) is 11.8. The zero-order valence-corrected chi connectivity index (χ0v) is 21.4. The first kappa shape index (κ1) is 24.2. The molecular weight excluding hydrogens is 450 g/mol. The summed E-state index contributed by atoms with van der Waals surface area (Å²) in [4.78, 5) is 16.7. The van der Waals surface area contributed by atoms with Crippen molar-refractivity contribution in [3.05, 3.63) is 59.4 Å². The molecule has 180 valence electrons. The van der Waals surface area contributed by atoms with E-state index in [4.69, 9.17) is 4.74 Å². The third kappa shape index (κ3) is 3.95. The molecule has 0 atom stereocenters. The molecule has 0 amide bonds. The zero-order valence-electron chi connectivity index (χ0n) is 20.5. The fourth-order valence-corrected chi connectivity index (χ4v) is 6.02. The monoisotopic (exact) mass is 481 g/mol. The number of methoxy groups -OCH3 is 1. The van der Waals surface area contributed by atoms with E-state index in [1.54, 1.807) is 0 Å². The number of carbonyl (C=O) groups is 1. The number of sulfonamides is 1. The van der Waals surface area contributed by atoms with Crippen molar-refractivity contribution in [1.82, 2.24) is 13.9 Å². The number of rotatable bonds is 5. The van der Waals surface area contributed by atoms with Gasteiger partial charge in [-0.1, -0.05) is 30.3 Å². The van der Waals surface area contributed by atoms with Crippen molar-refractivity contribution in [3.8, 4) is 11.1 Å². The number of ether oxygens (including phenoxy) is 1. The third-order valence-electron chi connectivity index (χ3n) is 6.85. The van der Waals surface area contributed by atoms with Crippen LogP contribution in [0.3, 0.4) is 0 Å². The van der Waals surface area contributed by atoms with Gasteiger partial charge in [0.2, 0.25) is 10.0 Å². The van der Waals surface area contributed by atoms with Crippen LogP contribution in [0.5, 0.6) is 0 Å². The minimum Gasteiger partial charge on any atom is -0.468 e. The van der Waals surface area contributed by atoms with E-state index in [-0.39, 0.29) is 6.54 Å². The number of fused-ring (bicyclic) bond motifs is 1. The average Bonchev–Trinajstić information content (AvgIpc) is 3.10. The maximum absolute atomic E-state index is 13.0. The van der Waals surface area contributed by atoms with Gasteiger partial charge < -0.3 is 9.30 Å². The van der Waals surface area contributed by atoms with Gasteiger partial charge in [0.05, 0.1) is 18.1 Å². The number of carbonyl (C=O) groups excluding carboxylic acids is 1. The summed E-state index contributed by atoms with van der Waals surface area (Å²) in [6.07, 6.45) is 2.51. The summed E-state index contributed by atoms with van der Waals surface area (Å²) in [5.41, 5.74) is 7.69. The van der Waals surface area contributed by atoms with Gasteiger partial charge in [0, 0.05) is 20.1 Å².